The number of likely N-dealkylation sites (tertiary alicyclic amines) is 1. The van der Waals surface area contributed by atoms with E-state index < -0.39 is 0 Å². The monoisotopic (exact) mass is 240 g/mol. The molecule has 4 nitrogen and oxygen atoms in total. The minimum absolute atomic E-state index is 0.146. The number of nitrogens with zero attached hydrogens (tertiary/aromatic N) is 1. The van der Waals surface area contributed by atoms with Crippen LogP contribution in [0.25, 0.3) is 0 Å². The van der Waals surface area contributed by atoms with Gasteiger partial charge in [-0.05, 0) is 32.6 Å². The van der Waals surface area contributed by atoms with Crippen LogP contribution in [0.5, 0.6) is 0 Å². The molecule has 2 rings (SSSR count). The molecule has 1 aliphatic heterocycles. The van der Waals surface area contributed by atoms with Crippen molar-refractivity contribution < 1.29 is 9.53 Å². The van der Waals surface area contributed by atoms with Crippen LogP contribution in [-0.2, 0) is 4.74 Å². The Morgan fingerprint density at radius 1 is 1.18 bits per heavy atom. The van der Waals surface area contributed by atoms with E-state index in [1.54, 1.807) is 0 Å². The molecule has 0 aromatic heterocycles. The van der Waals surface area contributed by atoms with Gasteiger partial charge in [0.2, 0.25) is 0 Å². The topological polar surface area (TPSA) is 41.6 Å². The highest BCUT2D eigenvalue weighted by atomic mass is 16.6. The van der Waals surface area contributed by atoms with E-state index in [1.165, 1.54) is 25.7 Å². The maximum atomic E-state index is 11.5. The van der Waals surface area contributed by atoms with Gasteiger partial charge in [-0.1, -0.05) is 12.8 Å². The molecule has 1 amide bonds. The van der Waals surface area contributed by atoms with E-state index in [0.717, 1.165) is 32.0 Å². The zero-order valence-corrected chi connectivity index (χ0v) is 10.8. The van der Waals surface area contributed by atoms with Crippen molar-refractivity contribution in [2.24, 2.45) is 0 Å². The summed E-state index contributed by atoms with van der Waals surface area (Å²) in [6, 6.07) is 1.33. The highest BCUT2D eigenvalue weighted by Crippen LogP contribution is 2.20. The number of nitrogens with one attached hydrogen (secondary N) is 1. The highest BCUT2D eigenvalue weighted by Gasteiger charge is 2.25. The number of ether oxygens (including phenoxy) is 1. The summed E-state index contributed by atoms with van der Waals surface area (Å²) in [6.45, 7) is 4.00. The zero-order valence-electron chi connectivity index (χ0n) is 10.8. The predicted octanol–water partition coefficient (Wildman–Crippen LogP) is 2.14. The second-order valence-corrected chi connectivity index (χ2v) is 5.11. The van der Waals surface area contributed by atoms with Crippen LogP contribution >= 0.6 is 0 Å². The van der Waals surface area contributed by atoms with Gasteiger partial charge in [0, 0.05) is 25.2 Å². The van der Waals surface area contributed by atoms with Crippen LogP contribution in [0.4, 0.5) is 4.79 Å². The quantitative estimate of drug-likeness (QED) is 0.821. The molecule has 0 radical (unpaired) electrons. The van der Waals surface area contributed by atoms with Crippen molar-refractivity contribution >= 4 is 6.09 Å². The van der Waals surface area contributed by atoms with Gasteiger partial charge in [-0.25, -0.2) is 4.79 Å². The second kappa shape index (κ2) is 6.24. The van der Waals surface area contributed by atoms with E-state index in [9.17, 15) is 4.79 Å². The third-order valence-electron chi connectivity index (χ3n) is 3.85. The summed E-state index contributed by atoms with van der Waals surface area (Å²) in [5.41, 5.74) is 0. The Morgan fingerprint density at radius 2 is 1.76 bits per heavy atom. The van der Waals surface area contributed by atoms with Gasteiger partial charge in [-0.15, -0.1) is 0 Å². The molecule has 2 aliphatic rings. The third kappa shape index (κ3) is 3.60. The van der Waals surface area contributed by atoms with Crippen molar-refractivity contribution in [1.29, 1.82) is 0 Å². The minimum atomic E-state index is -0.146. The van der Waals surface area contributed by atoms with Gasteiger partial charge in [-0.3, -0.25) is 0 Å². The summed E-state index contributed by atoms with van der Waals surface area (Å²) in [6.07, 6.45) is 7.39. The van der Waals surface area contributed by atoms with Crippen LogP contribution in [0, 0.1) is 0 Å². The maximum absolute atomic E-state index is 11.5. The number of hydrogen-bond acceptors (Lipinski definition) is 3. The Bertz CT molecular complexity index is 244. The molecule has 0 aromatic carbocycles. The average Bonchev–Trinajstić information content (AvgIpc) is 2.83. The first-order chi connectivity index (χ1) is 8.29. The molecule has 1 heterocycles. The number of hydrogen-bond donors (Lipinski definition) is 1. The number of piperidine rings is 1. The van der Waals surface area contributed by atoms with Crippen molar-refractivity contribution in [2.75, 3.05) is 19.7 Å². The molecule has 1 N–H and O–H groups in total. The standard InChI is InChI=1S/C13H24N2O2/c1-2-17-13(16)15-9-7-12(8-10-15)14-11-5-3-4-6-11/h11-12,14H,2-10H2,1H3. The molecule has 0 aromatic rings. The van der Waals surface area contributed by atoms with Gasteiger partial charge in [-0.2, -0.15) is 0 Å². The smallest absolute Gasteiger partial charge is 0.409 e. The summed E-state index contributed by atoms with van der Waals surface area (Å²) >= 11 is 0. The molecule has 1 saturated carbocycles. The zero-order chi connectivity index (χ0) is 12.1. The number of rotatable bonds is 3. The van der Waals surface area contributed by atoms with Crippen LogP contribution in [-0.4, -0.2) is 42.8 Å². The van der Waals surface area contributed by atoms with Gasteiger partial charge in [0.1, 0.15) is 0 Å². The van der Waals surface area contributed by atoms with E-state index in [2.05, 4.69) is 5.32 Å². The van der Waals surface area contributed by atoms with Crippen molar-refractivity contribution in [2.45, 2.75) is 57.5 Å². The summed E-state index contributed by atoms with van der Waals surface area (Å²) in [4.78, 5) is 13.4. The van der Waals surface area contributed by atoms with Gasteiger partial charge in [0.05, 0.1) is 6.61 Å². The second-order valence-electron chi connectivity index (χ2n) is 5.11. The number of carbonyl (C=O) groups excluding carboxylic acids is 1. The highest BCUT2D eigenvalue weighted by molar-refractivity contribution is 5.67. The van der Waals surface area contributed by atoms with E-state index in [1.807, 2.05) is 11.8 Å². The van der Waals surface area contributed by atoms with Crippen LogP contribution in [0.2, 0.25) is 0 Å². The van der Waals surface area contributed by atoms with Crippen molar-refractivity contribution in [3.63, 3.8) is 0 Å². The number of amides is 1. The van der Waals surface area contributed by atoms with Crippen LogP contribution in [0.3, 0.4) is 0 Å². The molecule has 0 atom stereocenters. The van der Waals surface area contributed by atoms with Crippen LogP contribution < -0.4 is 5.32 Å². The SMILES string of the molecule is CCOC(=O)N1CCC(NC2CCCC2)CC1. The maximum Gasteiger partial charge on any atom is 0.409 e. The fourth-order valence-electron chi connectivity index (χ4n) is 2.87. The van der Waals surface area contributed by atoms with Gasteiger partial charge >= 0.3 is 6.09 Å². The predicted molar refractivity (Wildman–Crippen MR) is 67.0 cm³/mol. The summed E-state index contributed by atoms with van der Waals surface area (Å²) in [7, 11) is 0. The summed E-state index contributed by atoms with van der Waals surface area (Å²) in [5.74, 6) is 0. The van der Waals surface area contributed by atoms with Crippen molar-refractivity contribution in [3.05, 3.63) is 0 Å². The summed E-state index contributed by atoms with van der Waals surface area (Å²) in [5, 5.41) is 3.73. The number of carbonyl (C=O) groups is 1. The van der Waals surface area contributed by atoms with Gasteiger partial charge in [0.15, 0.2) is 0 Å². The molecule has 0 unspecified atom stereocenters. The Hall–Kier alpha value is -0.770. The molecule has 1 aliphatic carbocycles. The lowest BCUT2D eigenvalue weighted by molar-refractivity contribution is 0.0942. The lowest BCUT2D eigenvalue weighted by Gasteiger charge is -2.33. The Balaban J connectivity index is 1.68. The van der Waals surface area contributed by atoms with Crippen LogP contribution in [0.1, 0.15) is 45.4 Å². The molecule has 0 bridgehead atoms. The molecule has 2 fully saturated rings. The fraction of sp³-hybridized carbons (Fsp3) is 0.923. The van der Waals surface area contributed by atoms with E-state index in [-0.39, 0.29) is 6.09 Å². The molecule has 98 valence electrons. The largest absolute Gasteiger partial charge is 0.450 e. The van der Waals surface area contributed by atoms with Gasteiger partial charge < -0.3 is 15.0 Å². The van der Waals surface area contributed by atoms with E-state index >= 15 is 0 Å². The Morgan fingerprint density at radius 3 is 2.35 bits per heavy atom. The van der Waals surface area contributed by atoms with E-state index in [0.29, 0.717) is 12.6 Å². The third-order valence-corrected chi connectivity index (χ3v) is 3.85. The van der Waals surface area contributed by atoms with Crippen molar-refractivity contribution in [3.8, 4) is 0 Å². The molecule has 17 heavy (non-hydrogen) atoms. The Labute approximate surface area is 104 Å². The first-order valence-corrected chi connectivity index (χ1v) is 6.97. The lowest BCUT2D eigenvalue weighted by atomic mass is 10.0. The molecular formula is C13H24N2O2. The Kier molecular flexibility index (Phi) is 4.66. The first-order valence-electron chi connectivity index (χ1n) is 6.97. The van der Waals surface area contributed by atoms with Crippen LogP contribution in [0.15, 0.2) is 0 Å². The van der Waals surface area contributed by atoms with E-state index in [4.69, 9.17) is 4.74 Å². The minimum Gasteiger partial charge on any atom is -0.450 e. The molecular weight excluding hydrogens is 216 g/mol. The molecule has 1 saturated heterocycles. The molecule has 0 spiro atoms. The lowest BCUT2D eigenvalue weighted by Crippen LogP contribution is -2.47. The van der Waals surface area contributed by atoms with Crippen molar-refractivity contribution in [1.82, 2.24) is 10.2 Å². The normalized spacial score (nSPS) is 23.0. The fourth-order valence-corrected chi connectivity index (χ4v) is 2.87. The first kappa shape index (κ1) is 12.7. The average molecular weight is 240 g/mol. The summed E-state index contributed by atoms with van der Waals surface area (Å²) < 4.78 is 5.02. The molecule has 4 heteroatoms. The van der Waals surface area contributed by atoms with Gasteiger partial charge in [0.25, 0.3) is 0 Å².